The van der Waals surface area contributed by atoms with E-state index < -0.39 is 16.1 Å². The van der Waals surface area contributed by atoms with Crippen LogP contribution in [0.5, 0.6) is 0 Å². The van der Waals surface area contributed by atoms with Gasteiger partial charge in [-0.25, -0.2) is 8.42 Å². The Balaban J connectivity index is 2.69. The molecule has 1 aromatic carbocycles. The molecule has 1 rings (SSSR count). The van der Waals surface area contributed by atoms with Crippen LogP contribution in [0.1, 0.15) is 25.8 Å². The second-order valence-electron chi connectivity index (χ2n) is 4.26. The van der Waals surface area contributed by atoms with Crippen molar-refractivity contribution in [1.29, 1.82) is 0 Å². The van der Waals surface area contributed by atoms with Crippen molar-refractivity contribution < 1.29 is 17.9 Å². The van der Waals surface area contributed by atoms with Gasteiger partial charge in [-0.15, -0.1) is 0 Å². The third-order valence-electron chi connectivity index (χ3n) is 2.68. The maximum Gasteiger partial charge on any atom is 0.178 e. The summed E-state index contributed by atoms with van der Waals surface area (Å²) in [5, 5.41) is 0. The molecular formula is C14H22O4S. The molecule has 0 aliphatic heterocycles. The fourth-order valence-electron chi connectivity index (χ4n) is 1.76. The Bertz CT molecular complexity index is 476. The predicted octanol–water partition coefficient (Wildman–Crippen LogP) is 2.56. The van der Waals surface area contributed by atoms with E-state index in [1.807, 2.05) is 26.8 Å². The number of hydrogen-bond acceptors (Lipinski definition) is 4. The second kappa shape index (κ2) is 7.62. The van der Waals surface area contributed by atoms with Crippen LogP contribution in [-0.2, 0) is 19.3 Å². The van der Waals surface area contributed by atoms with Crippen LogP contribution in [0.3, 0.4) is 0 Å². The van der Waals surface area contributed by atoms with Gasteiger partial charge in [0, 0.05) is 19.6 Å². The van der Waals surface area contributed by atoms with Gasteiger partial charge in [-0.1, -0.05) is 12.1 Å². The van der Waals surface area contributed by atoms with E-state index in [0.717, 1.165) is 5.56 Å². The molecule has 0 heterocycles. The normalized spacial score (nSPS) is 12.0. The number of rotatable bonds is 8. The molecule has 0 spiro atoms. The average molecular weight is 286 g/mol. The van der Waals surface area contributed by atoms with Gasteiger partial charge in [0.1, 0.15) is 0 Å². The monoisotopic (exact) mass is 286 g/mol. The first-order valence-electron chi connectivity index (χ1n) is 6.52. The van der Waals surface area contributed by atoms with Gasteiger partial charge in [0.25, 0.3) is 0 Å². The summed E-state index contributed by atoms with van der Waals surface area (Å²) in [5.41, 5.74) is 0.937. The molecule has 0 fully saturated rings. The van der Waals surface area contributed by atoms with Gasteiger partial charge in [0.05, 0.1) is 10.6 Å². The average Bonchev–Trinajstić information content (AvgIpc) is 2.37. The van der Waals surface area contributed by atoms with Crippen molar-refractivity contribution in [1.82, 2.24) is 0 Å². The molecule has 0 aromatic heterocycles. The van der Waals surface area contributed by atoms with Gasteiger partial charge in [-0.2, -0.15) is 0 Å². The van der Waals surface area contributed by atoms with E-state index in [0.29, 0.717) is 24.5 Å². The van der Waals surface area contributed by atoms with Crippen molar-refractivity contribution in [2.24, 2.45) is 0 Å². The van der Waals surface area contributed by atoms with Gasteiger partial charge in [0.15, 0.2) is 16.1 Å². The lowest BCUT2D eigenvalue weighted by molar-refractivity contribution is -0.136. The Labute approximate surface area is 115 Å². The van der Waals surface area contributed by atoms with Crippen LogP contribution in [0.4, 0.5) is 0 Å². The number of ether oxygens (including phenoxy) is 2. The van der Waals surface area contributed by atoms with E-state index in [2.05, 4.69) is 0 Å². The molecule has 0 radical (unpaired) electrons. The molecule has 0 unspecified atom stereocenters. The van der Waals surface area contributed by atoms with Crippen molar-refractivity contribution in [2.45, 2.75) is 38.4 Å². The molecule has 0 saturated heterocycles. The van der Waals surface area contributed by atoms with Gasteiger partial charge in [-0.3, -0.25) is 0 Å². The highest BCUT2D eigenvalue weighted by Gasteiger charge is 2.18. The maximum atomic E-state index is 12.2. The zero-order valence-corrected chi connectivity index (χ0v) is 12.6. The Morgan fingerprint density at radius 3 is 2.32 bits per heavy atom. The van der Waals surface area contributed by atoms with E-state index in [-0.39, 0.29) is 5.75 Å². The molecule has 0 N–H and O–H groups in total. The van der Waals surface area contributed by atoms with Crippen LogP contribution in [0, 0.1) is 6.92 Å². The van der Waals surface area contributed by atoms with Crippen molar-refractivity contribution in [2.75, 3.05) is 19.0 Å². The molecule has 0 saturated carbocycles. The van der Waals surface area contributed by atoms with Gasteiger partial charge in [-0.05, 0) is 38.5 Å². The van der Waals surface area contributed by atoms with Crippen LogP contribution in [0.2, 0.25) is 0 Å². The zero-order chi connectivity index (χ0) is 14.3. The van der Waals surface area contributed by atoms with Crippen LogP contribution in [-0.4, -0.2) is 33.7 Å². The molecule has 5 heteroatoms. The Kier molecular flexibility index (Phi) is 6.48. The summed E-state index contributed by atoms with van der Waals surface area (Å²) in [4.78, 5) is 0.360. The Morgan fingerprint density at radius 2 is 1.79 bits per heavy atom. The van der Waals surface area contributed by atoms with Crippen LogP contribution >= 0.6 is 0 Å². The summed E-state index contributed by atoms with van der Waals surface area (Å²) in [6.45, 7) is 6.62. The SMILES string of the molecule is CCOC(CCS(=O)(=O)c1cccc(C)c1)OCC. The first-order chi connectivity index (χ1) is 8.99. The molecule has 0 aliphatic carbocycles. The molecule has 1 aromatic rings. The second-order valence-corrected chi connectivity index (χ2v) is 6.37. The van der Waals surface area contributed by atoms with E-state index >= 15 is 0 Å². The fraction of sp³-hybridized carbons (Fsp3) is 0.571. The summed E-state index contributed by atoms with van der Waals surface area (Å²) >= 11 is 0. The lowest BCUT2D eigenvalue weighted by atomic mass is 10.2. The number of hydrogen-bond donors (Lipinski definition) is 0. The fourth-order valence-corrected chi connectivity index (χ4v) is 3.15. The van der Waals surface area contributed by atoms with E-state index in [9.17, 15) is 8.42 Å². The van der Waals surface area contributed by atoms with E-state index in [4.69, 9.17) is 9.47 Å². The van der Waals surface area contributed by atoms with Crippen molar-refractivity contribution >= 4 is 9.84 Å². The predicted molar refractivity (Wildman–Crippen MR) is 74.9 cm³/mol. The molecule has 4 nitrogen and oxygen atoms in total. The summed E-state index contributed by atoms with van der Waals surface area (Å²) in [7, 11) is -3.27. The maximum absolute atomic E-state index is 12.2. The molecule has 0 amide bonds. The molecule has 19 heavy (non-hydrogen) atoms. The highest BCUT2D eigenvalue weighted by atomic mass is 32.2. The zero-order valence-electron chi connectivity index (χ0n) is 11.8. The quantitative estimate of drug-likeness (QED) is 0.689. The van der Waals surface area contributed by atoms with Crippen molar-refractivity contribution in [3.8, 4) is 0 Å². The summed E-state index contributed by atoms with van der Waals surface area (Å²) in [5.74, 6) is 0.0289. The number of benzene rings is 1. The topological polar surface area (TPSA) is 52.6 Å². The standard InChI is InChI=1S/C14H22O4S/c1-4-17-14(18-5-2)9-10-19(15,16)13-8-6-7-12(3)11-13/h6-8,11,14H,4-5,9-10H2,1-3H3. The van der Waals surface area contributed by atoms with Crippen molar-refractivity contribution in [3.63, 3.8) is 0 Å². The van der Waals surface area contributed by atoms with E-state index in [1.165, 1.54) is 0 Å². The third kappa shape index (κ3) is 5.30. The Hall–Kier alpha value is -0.910. The minimum Gasteiger partial charge on any atom is -0.353 e. The van der Waals surface area contributed by atoms with E-state index in [1.54, 1.807) is 18.2 Å². The lowest BCUT2D eigenvalue weighted by Gasteiger charge is -2.16. The molecule has 0 bridgehead atoms. The summed E-state index contributed by atoms with van der Waals surface area (Å²) in [6.07, 6.45) is -0.104. The Morgan fingerprint density at radius 1 is 1.16 bits per heavy atom. The molecule has 108 valence electrons. The number of aryl methyl sites for hydroxylation is 1. The van der Waals surface area contributed by atoms with Crippen molar-refractivity contribution in [3.05, 3.63) is 29.8 Å². The first kappa shape index (κ1) is 16.1. The smallest absolute Gasteiger partial charge is 0.178 e. The largest absolute Gasteiger partial charge is 0.353 e. The summed E-state index contributed by atoms with van der Waals surface area (Å²) < 4.78 is 35.1. The molecular weight excluding hydrogens is 264 g/mol. The van der Waals surface area contributed by atoms with Crippen LogP contribution < -0.4 is 0 Å². The highest BCUT2D eigenvalue weighted by Crippen LogP contribution is 2.15. The van der Waals surface area contributed by atoms with Gasteiger partial charge in [0.2, 0.25) is 0 Å². The van der Waals surface area contributed by atoms with Gasteiger partial charge < -0.3 is 9.47 Å². The number of sulfone groups is 1. The lowest BCUT2D eigenvalue weighted by Crippen LogP contribution is -2.21. The van der Waals surface area contributed by atoms with Crippen LogP contribution in [0.15, 0.2) is 29.2 Å². The minimum absolute atomic E-state index is 0.0289. The third-order valence-corrected chi connectivity index (χ3v) is 4.42. The van der Waals surface area contributed by atoms with Crippen LogP contribution in [0.25, 0.3) is 0 Å². The molecule has 0 aliphatic rings. The molecule has 0 atom stereocenters. The minimum atomic E-state index is -3.27. The highest BCUT2D eigenvalue weighted by molar-refractivity contribution is 7.91. The summed E-state index contributed by atoms with van der Waals surface area (Å²) in [6, 6.07) is 6.94. The first-order valence-corrected chi connectivity index (χ1v) is 8.17. The van der Waals surface area contributed by atoms with Gasteiger partial charge >= 0.3 is 0 Å².